The fourth-order valence-corrected chi connectivity index (χ4v) is 2.20. The summed E-state index contributed by atoms with van der Waals surface area (Å²) in [7, 11) is 2.14. The number of aliphatic carboxylic acids is 1. The standard InChI is InChI=1S/C15H21NO3/c1-16(13-3-2-4-13)9-10-19-14-7-5-12(6-8-14)11-15(17)18/h5-8,13H,2-4,9-11H2,1H3,(H,17,18). The smallest absolute Gasteiger partial charge is 0.307 e. The van der Waals surface area contributed by atoms with Gasteiger partial charge in [-0.15, -0.1) is 0 Å². The molecular weight excluding hydrogens is 242 g/mol. The van der Waals surface area contributed by atoms with E-state index >= 15 is 0 Å². The zero-order chi connectivity index (χ0) is 13.7. The summed E-state index contributed by atoms with van der Waals surface area (Å²) >= 11 is 0. The molecule has 4 heteroatoms. The summed E-state index contributed by atoms with van der Waals surface area (Å²) < 4.78 is 5.67. The first-order chi connectivity index (χ1) is 9.15. The monoisotopic (exact) mass is 263 g/mol. The zero-order valence-corrected chi connectivity index (χ0v) is 11.3. The predicted molar refractivity (Wildman–Crippen MR) is 73.5 cm³/mol. The summed E-state index contributed by atoms with van der Waals surface area (Å²) in [5, 5.41) is 8.68. The van der Waals surface area contributed by atoms with Gasteiger partial charge in [-0.05, 0) is 37.6 Å². The molecular formula is C15H21NO3. The third-order valence-electron chi connectivity index (χ3n) is 3.69. The van der Waals surface area contributed by atoms with E-state index in [0.717, 1.165) is 23.9 Å². The molecule has 0 heterocycles. The lowest BCUT2D eigenvalue weighted by Crippen LogP contribution is -2.39. The second kappa shape index (κ2) is 6.57. The molecule has 0 bridgehead atoms. The molecule has 0 aromatic heterocycles. The summed E-state index contributed by atoms with van der Waals surface area (Å²) in [4.78, 5) is 12.9. The Kier molecular flexibility index (Phi) is 4.80. The van der Waals surface area contributed by atoms with Crippen LogP contribution in [-0.2, 0) is 11.2 Å². The Hall–Kier alpha value is -1.55. The molecule has 1 fully saturated rings. The van der Waals surface area contributed by atoms with E-state index in [1.807, 2.05) is 12.1 Å². The van der Waals surface area contributed by atoms with Gasteiger partial charge in [-0.25, -0.2) is 0 Å². The molecule has 0 atom stereocenters. The molecule has 1 aliphatic rings. The largest absolute Gasteiger partial charge is 0.492 e. The van der Waals surface area contributed by atoms with Crippen LogP contribution in [0, 0.1) is 0 Å². The minimum Gasteiger partial charge on any atom is -0.492 e. The van der Waals surface area contributed by atoms with E-state index in [1.54, 1.807) is 12.1 Å². The molecule has 1 aromatic carbocycles. The van der Waals surface area contributed by atoms with Crippen LogP contribution in [0.5, 0.6) is 5.75 Å². The van der Waals surface area contributed by atoms with Gasteiger partial charge in [0, 0.05) is 12.6 Å². The van der Waals surface area contributed by atoms with E-state index in [4.69, 9.17) is 9.84 Å². The van der Waals surface area contributed by atoms with Crippen LogP contribution in [0.2, 0.25) is 0 Å². The van der Waals surface area contributed by atoms with E-state index in [2.05, 4.69) is 11.9 Å². The van der Waals surface area contributed by atoms with Crippen LogP contribution in [-0.4, -0.2) is 42.2 Å². The van der Waals surface area contributed by atoms with Crippen molar-refractivity contribution in [1.82, 2.24) is 4.90 Å². The minimum atomic E-state index is -0.809. The second-order valence-electron chi connectivity index (χ2n) is 5.13. The summed E-state index contributed by atoms with van der Waals surface area (Å²) in [6.07, 6.45) is 4.02. The molecule has 19 heavy (non-hydrogen) atoms. The Morgan fingerprint density at radius 3 is 2.58 bits per heavy atom. The number of carboxylic acids is 1. The van der Waals surface area contributed by atoms with Crippen molar-refractivity contribution in [3.05, 3.63) is 29.8 Å². The van der Waals surface area contributed by atoms with Crippen molar-refractivity contribution in [3.63, 3.8) is 0 Å². The highest BCUT2D eigenvalue weighted by Crippen LogP contribution is 2.23. The first kappa shape index (κ1) is 13.9. The van der Waals surface area contributed by atoms with E-state index in [1.165, 1.54) is 19.3 Å². The van der Waals surface area contributed by atoms with Crippen LogP contribution in [0.1, 0.15) is 24.8 Å². The number of likely N-dealkylation sites (N-methyl/N-ethyl adjacent to an activating group) is 1. The molecule has 2 rings (SSSR count). The normalized spacial score (nSPS) is 15.3. The number of rotatable bonds is 7. The predicted octanol–water partition coefficient (Wildman–Crippen LogP) is 2.18. The molecule has 1 N–H and O–H groups in total. The van der Waals surface area contributed by atoms with Gasteiger partial charge in [0.15, 0.2) is 0 Å². The Labute approximate surface area is 114 Å². The number of benzene rings is 1. The fraction of sp³-hybridized carbons (Fsp3) is 0.533. The fourth-order valence-electron chi connectivity index (χ4n) is 2.20. The maximum absolute atomic E-state index is 10.6. The number of hydrogen-bond donors (Lipinski definition) is 1. The average molecular weight is 263 g/mol. The Balaban J connectivity index is 1.71. The Morgan fingerprint density at radius 2 is 2.05 bits per heavy atom. The highest BCUT2D eigenvalue weighted by atomic mass is 16.5. The molecule has 0 saturated heterocycles. The molecule has 0 aliphatic heterocycles. The van der Waals surface area contributed by atoms with E-state index in [0.29, 0.717) is 6.61 Å². The topological polar surface area (TPSA) is 49.8 Å². The van der Waals surface area contributed by atoms with Gasteiger partial charge >= 0.3 is 5.97 Å². The maximum atomic E-state index is 10.6. The first-order valence-electron chi connectivity index (χ1n) is 6.79. The third-order valence-corrected chi connectivity index (χ3v) is 3.69. The van der Waals surface area contributed by atoms with Crippen molar-refractivity contribution in [2.24, 2.45) is 0 Å². The molecule has 0 unspecified atom stereocenters. The first-order valence-corrected chi connectivity index (χ1v) is 6.79. The summed E-state index contributed by atoms with van der Waals surface area (Å²) in [5.41, 5.74) is 0.798. The molecule has 1 aliphatic carbocycles. The molecule has 0 spiro atoms. The van der Waals surface area contributed by atoms with Crippen molar-refractivity contribution < 1.29 is 14.6 Å². The van der Waals surface area contributed by atoms with E-state index in [9.17, 15) is 4.79 Å². The van der Waals surface area contributed by atoms with Crippen molar-refractivity contribution in [1.29, 1.82) is 0 Å². The van der Waals surface area contributed by atoms with Gasteiger partial charge in [0.1, 0.15) is 12.4 Å². The zero-order valence-electron chi connectivity index (χ0n) is 11.3. The highest BCUT2D eigenvalue weighted by molar-refractivity contribution is 5.70. The van der Waals surface area contributed by atoms with E-state index < -0.39 is 5.97 Å². The number of ether oxygens (including phenoxy) is 1. The summed E-state index contributed by atoms with van der Waals surface area (Å²) in [5.74, 6) is -0.00746. The van der Waals surface area contributed by atoms with Crippen molar-refractivity contribution in [3.8, 4) is 5.75 Å². The van der Waals surface area contributed by atoms with Gasteiger partial charge in [0.05, 0.1) is 6.42 Å². The van der Waals surface area contributed by atoms with Crippen molar-refractivity contribution in [2.75, 3.05) is 20.2 Å². The minimum absolute atomic E-state index is 0.0602. The average Bonchev–Trinajstić information content (AvgIpc) is 2.28. The number of nitrogens with zero attached hydrogens (tertiary/aromatic N) is 1. The van der Waals surface area contributed by atoms with Crippen LogP contribution in [0.15, 0.2) is 24.3 Å². The second-order valence-corrected chi connectivity index (χ2v) is 5.13. The van der Waals surface area contributed by atoms with Crippen LogP contribution in [0.4, 0.5) is 0 Å². The molecule has 0 radical (unpaired) electrons. The van der Waals surface area contributed by atoms with Crippen molar-refractivity contribution >= 4 is 5.97 Å². The van der Waals surface area contributed by atoms with E-state index in [-0.39, 0.29) is 6.42 Å². The Morgan fingerprint density at radius 1 is 1.37 bits per heavy atom. The van der Waals surface area contributed by atoms with Gasteiger partial charge in [0.25, 0.3) is 0 Å². The Bertz CT molecular complexity index is 412. The van der Waals surface area contributed by atoms with Gasteiger partial charge in [-0.1, -0.05) is 18.6 Å². The van der Waals surface area contributed by atoms with Crippen LogP contribution in [0.3, 0.4) is 0 Å². The lowest BCUT2D eigenvalue weighted by atomic mass is 9.92. The van der Waals surface area contributed by atoms with Gasteiger partial charge in [-0.2, -0.15) is 0 Å². The quantitative estimate of drug-likeness (QED) is 0.819. The summed E-state index contributed by atoms with van der Waals surface area (Å²) in [6.45, 7) is 1.60. The third kappa shape index (κ3) is 4.24. The highest BCUT2D eigenvalue weighted by Gasteiger charge is 2.21. The van der Waals surface area contributed by atoms with Crippen molar-refractivity contribution in [2.45, 2.75) is 31.7 Å². The molecule has 104 valence electrons. The lowest BCUT2D eigenvalue weighted by Gasteiger charge is -2.34. The summed E-state index contributed by atoms with van der Waals surface area (Å²) in [6, 6.07) is 8.02. The maximum Gasteiger partial charge on any atom is 0.307 e. The van der Waals surface area contributed by atoms with Gasteiger partial charge in [0.2, 0.25) is 0 Å². The van der Waals surface area contributed by atoms with Crippen LogP contribution in [0.25, 0.3) is 0 Å². The number of carbonyl (C=O) groups is 1. The van der Waals surface area contributed by atoms with Gasteiger partial charge in [-0.3, -0.25) is 4.79 Å². The van der Waals surface area contributed by atoms with Crippen LogP contribution < -0.4 is 4.74 Å². The van der Waals surface area contributed by atoms with Gasteiger partial charge < -0.3 is 14.7 Å². The molecule has 1 saturated carbocycles. The molecule has 1 aromatic rings. The number of hydrogen-bond acceptors (Lipinski definition) is 3. The molecule has 0 amide bonds. The lowest BCUT2D eigenvalue weighted by molar-refractivity contribution is -0.136. The number of carboxylic acid groups (broad SMARTS) is 1. The molecule has 4 nitrogen and oxygen atoms in total. The SMILES string of the molecule is CN(CCOc1ccc(CC(=O)O)cc1)C1CCC1. The van der Waals surface area contributed by atoms with Crippen LogP contribution >= 0.6 is 0 Å².